The lowest BCUT2D eigenvalue weighted by Crippen LogP contribution is -2.26. The summed E-state index contributed by atoms with van der Waals surface area (Å²) in [6.07, 6.45) is 4.75. The number of benzene rings is 1. The summed E-state index contributed by atoms with van der Waals surface area (Å²) in [5.41, 5.74) is 1.16. The maximum Gasteiger partial charge on any atom is 0.291 e. The van der Waals surface area contributed by atoms with Crippen molar-refractivity contribution in [1.82, 2.24) is 24.9 Å². The van der Waals surface area contributed by atoms with Gasteiger partial charge in [0.15, 0.2) is 17.3 Å². The highest BCUT2D eigenvalue weighted by Gasteiger charge is 2.21. The first-order valence-corrected chi connectivity index (χ1v) is 10.1. The summed E-state index contributed by atoms with van der Waals surface area (Å²) >= 11 is 0. The molecule has 4 aromatic rings. The van der Waals surface area contributed by atoms with E-state index in [1.807, 2.05) is 0 Å². The molecule has 0 aliphatic rings. The van der Waals surface area contributed by atoms with Gasteiger partial charge < -0.3 is 19.8 Å². The summed E-state index contributed by atoms with van der Waals surface area (Å²) in [7, 11) is 3.35. The third-order valence-corrected chi connectivity index (χ3v) is 4.76. The maximum atomic E-state index is 13.7. The first-order chi connectivity index (χ1) is 16.3. The molecule has 4 rings (SSSR count). The Kier molecular flexibility index (Phi) is 6.39. The average Bonchev–Trinajstić information content (AvgIpc) is 3.52. The van der Waals surface area contributed by atoms with Gasteiger partial charge in [-0.1, -0.05) is 0 Å². The van der Waals surface area contributed by atoms with Crippen LogP contribution in [0.2, 0.25) is 0 Å². The van der Waals surface area contributed by atoms with Crippen LogP contribution in [0.5, 0.6) is 5.75 Å². The zero-order valence-electron chi connectivity index (χ0n) is 18.2. The fourth-order valence-corrected chi connectivity index (χ4v) is 3.13. The topological polar surface area (TPSA) is 116 Å². The van der Waals surface area contributed by atoms with Crippen molar-refractivity contribution >= 4 is 17.5 Å². The predicted octanol–water partition coefficient (Wildman–Crippen LogP) is 2.79. The van der Waals surface area contributed by atoms with Crippen LogP contribution in [-0.2, 0) is 27.2 Å². The number of carbonyl (C=O) groups is 2. The van der Waals surface area contributed by atoms with Gasteiger partial charge in [0.25, 0.3) is 11.8 Å². The van der Waals surface area contributed by atoms with Crippen molar-refractivity contribution in [2.24, 2.45) is 14.1 Å². The summed E-state index contributed by atoms with van der Waals surface area (Å²) < 4.78 is 40.3. The smallest absolute Gasteiger partial charge is 0.291 e. The van der Waals surface area contributed by atoms with Crippen LogP contribution in [0, 0.1) is 11.6 Å². The van der Waals surface area contributed by atoms with Crippen molar-refractivity contribution in [3.63, 3.8) is 0 Å². The number of aryl methyl sites for hydroxylation is 2. The first kappa shape index (κ1) is 22.7. The SMILES string of the molecule is Cn1cc(CNC(=O)c2c(NC(=O)c3ccc(COc4ccc(F)cc4F)o3)cnn2C)cn1. The van der Waals surface area contributed by atoms with Gasteiger partial charge in [-0.3, -0.25) is 19.0 Å². The van der Waals surface area contributed by atoms with Gasteiger partial charge in [-0.2, -0.15) is 10.2 Å². The van der Waals surface area contributed by atoms with Crippen LogP contribution in [0.4, 0.5) is 14.5 Å². The Labute approximate surface area is 192 Å². The van der Waals surface area contributed by atoms with Crippen LogP contribution in [0.1, 0.15) is 32.4 Å². The van der Waals surface area contributed by atoms with E-state index in [2.05, 4.69) is 20.8 Å². The number of nitrogens with zero attached hydrogens (tertiary/aromatic N) is 4. The fraction of sp³-hybridized carbons (Fsp3) is 0.182. The summed E-state index contributed by atoms with van der Waals surface area (Å²) in [5, 5.41) is 13.4. The number of aromatic nitrogens is 4. The monoisotopic (exact) mass is 470 g/mol. The molecule has 176 valence electrons. The minimum Gasteiger partial charge on any atom is -0.483 e. The number of rotatable bonds is 8. The Hall–Kier alpha value is -4.48. The molecule has 0 aliphatic carbocycles. The molecule has 2 amide bonds. The Morgan fingerprint density at radius 3 is 2.65 bits per heavy atom. The zero-order valence-corrected chi connectivity index (χ0v) is 18.2. The molecular formula is C22H20F2N6O4. The van der Waals surface area contributed by atoms with Gasteiger partial charge in [0.1, 0.15) is 23.9 Å². The quantitative estimate of drug-likeness (QED) is 0.409. The summed E-state index contributed by atoms with van der Waals surface area (Å²) in [6.45, 7) is 0.0756. The second-order valence-corrected chi connectivity index (χ2v) is 7.32. The van der Waals surface area contributed by atoms with Gasteiger partial charge in [-0.15, -0.1) is 0 Å². The number of ether oxygens (including phenoxy) is 1. The molecule has 2 N–H and O–H groups in total. The maximum absolute atomic E-state index is 13.7. The van der Waals surface area contributed by atoms with Crippen LogP contribution < -0.4 is 15.4 Å². The Morgan fingerprint density at radius 1 is 1.09 bits per heavy atom. The van der Waals surface area contributed by atoms with Crippen molar-refractivity contribution < 1.29 is 27.5 Å². The molecule has 0 atom stereocenters. The summed E-state index contributed by atoms with van der Waals surface area (Å²) in [5.74, 6) is -2.58. The van der Waals surface area contributed by atoms with Gasteiger partial charge in [0.05, 0.1) is 18.1 Å². The first-order valence-electron chi connectivity index (χ1n) is 10.1. The zero-order chi connectivity index (χ0) is 24.2. The lowest BCUT2D eigenvalue weighted by atomic mass is 10.3. The number of furan rings is 1. The molecule has 10 nitrogen and oxygen atoms in total. The minimum atomic E-state index is -0.851. The van der Waals surface area contributed by atoms with Crippen LogP contribution in [0.25, 0.3) is 0 Å². The van der Waals surface area contributed by atoms with E-state index in [1.54, 1.807) is 31.2 Å². The Balaban J connectivity index is 1.38. The molecule has 3 aromatic heterocycles. The van der Waals surface area contributed by atoms with Gasteiger partial charge >= 0.3 is 0 Å². The molecule has 0 saturated carbocycles. The van der Waals surface area contributed by atoms with E-state index in [0.29, 0.717) is 6.07 Å². The molecule has 0 fully saturated rings. The lowest BCUT2D eigenvalue weighted by Gasteiger charge is -2.08. The van der Waals surface area contributed by atoms with E-state index in [1.165, 1.54) is 23.0 Å². The highest BCUT2D eigenvalue weighted by Crippen LogP contribution is 2.21. The standard InChI is InChI=1S/C22H20F2N6O4/c1-29-11-13(9-26-29)8-25-22(32)20-17(10-27-30(20)2)28-21(31)19-6-4-15(34-19)12-33-18-5-3-14(23)7-16(18)24/h3-7,9-11H,8,12H2,1-2H3,(H,25,32)(H,28,31). The minimum absolute atomic E-state index is 0.0521. The van der Waals surface area contributed by atoms with Crippen LogP contribution in [0.3, 0.4) is 0 Å². The predicted molar refractivity (Wildman–Crippen MR) is 115 cm³/mol. The van der Waals surface area contributed by atoms with Crippen molar-refractivity contribution in [3.8, 4) is 5.75 Å². The van der Waals surface area contributed by atoms with Crippen molar-refractivity contribution in [3.05, 3.63) is 83.3 Å². The average molecular weight is 470 g/mol. The second kappa shape index (κ2) is 9.57. The van der Waals surface area contributed by atoms with E-state index < -0.39 is 23.4 Å². The number of amides is 2. The van der Waals surface area contributed by atoms with E-state index in [4.69, 9.17) is 9.15 Å². The van der Waals surface area contributed by atoms with Crippen molar-refractivity contribution in [2.45, 2.75) is 13.2 Å². The highest BCUT2D eigenvalue weighted by atomic mass is 19.1. The molecule has 0 saturated heterocycles. The normalized spacial score (nSPS) is 10.8. The third-order valence-electron chi connectivity index (χ3n) is 4.76. The van der Waals surface area contributed by atoms with E-state index in [0.717, 1.165) is 17.7 Å². The summed E-state index contributed by atoms with van der Waals surface area (Å²) in [4.78, 5) is 25.3. The van der Waals surface area contributed by atoms with Gasteiger partial charge in [-0.05, 0) is 24.3 Å². The Bertz CT molecular complexity index is 1340. The molecule has 3 heterocycles. The van der Waals surface area contributed by atoms with Crippen LogP contribution >= 0.6 is 0 Å². The van der Waals surface area contributed by atoms with Crippen LogP contribution in [-0.4, -0.2) is 31.4 Å². The highest BCUT2D eigenvalue weighted by molar-refractivity contribution is 6.07. The third kappa shape index (κ3) is 5.11. The molecule has 0 unspecified atom stereocenters. The van der Waals surface area contributed by atoms with Gasteiger partial charge in [0.2, 0.25) is 0 Å². The Morgan fingerprint density at radius 2 is 1.91 bits per heavy atom. The number of hydrogen-bond donors (Lipinski definition) is 2. The summed E-state index contributed by atoms with van der Waals surface area (Å²) in [6, 6.07) is 5.83. The molecule has 34 heavy (non-hydrogen) atoms. The van der Waals surface area contributed by atoms with E-state index in [9.17, 15) is 18.4 Å². The number of carbonyl (C=O) groups excluding carboxylic acids is 2. The largest absolute Gasteiger partial charge is 0.483 e. The number of halogens is 2. The van der Waals surface area contributed by atoms with E-state index in [-0.39, 0.29) is 41.8 Å². The number of hydrogen-bond acceptors (Lipinski definition) is 6. The van der Waals surface area contributed by atoms with Crippen molar-refractivity contribution in [1.29, 1.82) is 0 Å². The second-order valence-electron chi connectivity index (χ2n) is 7.32. The molecule has 0 radical (unpaired) electrons. The fourth-order valence-electron chi connectivity index (χ4n) is 3.13. The van der Waals surface area contributed by atoms with E-state index >= 15 is 0 Å². The molecule has 0 bridgehead atoms. The van der Waals surface area contributed by atoms with Crippen LogP contribution in [0.15, 0.2) is 53.3 Å². The molecule has 0 aliphatic heterocycles. The van der Waals surface area contributed by atoms with Crippen molar-refractivity contribution in [2.75, 3.05) is 5.32 Å². The lowest BCUT2D eigenvalue weighted by molar-refractivity contribution is 0.0942. The molecule has 0 spiro atoms. The van der Waals surface area contributed by atoms with Gasteiger partial charge in [0, 0.05) is 38.5 Å². The molecular weight excluding hydrogens is 450 g/mol. The van der Waals surface area contributed by atoms with Gasteiger partial charge in [-0.25, -0.2) is 8.78 Å². The number of anilines is 1. The number of nitrogens with one attached hydrogen (secondary N) is 2. The molecule has 1 aromatic carbocycles. The molecule has 12 heteroatoms.